The molecule has 4 aromatic heterocycles. The van der Waals surface area contributed by atoms with E-state index in [2.05, 4.69) is 36.8 Å². The number of benzene rings is 1. The molecule has 5 aromatic rings. The van der Waals surface area contributed by atoms with Crippen molar-refractivity contribution in [1.29, 1.82) is 5.26 Å². The number of imidazole rings is 1. The smallest absolute Gasteiger partial charge is 0.171 e. The minimum Gasteiger partial charge on any atom is -0.368 e. The van der Waals surface area contributed by atoms with Crippen molar-refractivity contribution in [3.05, 3.63) is 71.4 Å². The number of aryl methyl sites for hydroxylation is 2. The summed E-state index contributed by atoms with van der Waals surface area (Å²) >= 11 is 0. The predicted molar refractivity (Wildman–Crippen MR) is 133 cm³/mol. The van der Waals surface area contributed by atoms with Crippen LogP contribution in [0.5, 0.6) is 0 Å². The van der Waals surface area contributed by atoms with Gasteiger partial charge in [0.25, 0.3) is 0 Å². The summed E-state index contributed by atoms with van der Waals surface area (Å²) in [4.78, 5) is 9.41. The zero-order valence-electron chi connectivity index (χ0n) is 19.9. The zero-order valence-corrected chi connectivity index (χ0v) is 19.9. The Bertz CT molecular complexity index is 1580. The Labute approximate surface area is 206 Å². The maximum atomic E-state index is 10.1. The summed E-state index contributed by atoms with van der Waals surface area (Å²) in [6.07, 6.45) is 0.885. The highest BCUT2D eigenvalue weighted by molar-refractivity contribution is 5.82. The first-order chi connectivity index (χ1) is 17.5. The van der Waals surface area contributed by atoms with Gasteiger partial charge in [0.05, 0.1) is 28.0 Å². The number of rotatable bonds is 7. The normalized spacial score (nSPS) is 12.0. The number of nitrogens with zero attached hydrogens (tertiary/aromatic N) is 7. The molecule has 11 heteroatoms. The third-order valence-electron chi connectivity index (χ3n) is 5.78. The highest BCUT2D eigenvalue weighted by Crippen LogP contribution is 2.30. The summed E-state index contributed by atoms with van der Waals surface area (Å²) in [5.74, 6) is 1.23. The van der Waals surface area contributed by atoms with Crippen molar-refractivity contribution in [3.8, 4) is 23.1 Å². The van der Waals surface area contributed by atoms with Crippen LogP contribution in [0.15, 0.2) is 48.8 Å². The molecule has 3 N–H and O–H groups in total. The molecule has 0 aliphatic carbocycles. The topological polar surface area (TPSA) is 150 Å². The predicted octanol–water partition coefficient (Wildman–Crippen LogP) is 3.34. The highest BCUT2D eigenvalue weighted by Gasteiger charge is 2.20. The molecule has 0 radical (unpaired) electrons. The van der Waals surface area contributed by atoms with Crippen molar-refractivity contribution in [3.63, 3.8) is 0 Å². The van der Waals surface area contributed by atoms with E-state index in [1.807, 2.05) is 60.9 Å². The lowest BCUT2D eigenvalue weighted by Gasteiger charge is -2.14. The van der Waals surface area contributed by atoms with Gasteiger partial charge in [-0.25, -0.2) is 9.97 Å². The van der Waals surface area contributed by atoms with Gasteiger partial charge < -0.3 is 15.2 Å². The van der Waals surface area contributed by atoms with Crippen LogP contribution in [0.4, 0.5) is 11.5 Å². The van der Waals surface area contributed by atoms with Crippen LogP contribution in [0.3, 0.4) is 0 Å². The van der Waals surface area contributed by atoms with Gasteiger partial charge in [0.2, 0.25) is 0 Å². The van der Waals surface area contributed by atoms with Gasteiger partial charge in [-0.2, -0.15) is 15.5 Å². The first kappa shape index (κ1) is 23.1. The van der Waals surface area contributed by atoms with Crippen LogP contribution in [0, 0.1) is 25.2 Å². The lowest BCUT2D eigenvalue weighted by molar-refractivity contribution is -0.0720. The molecule has 5 rings (SSSR count). The summed E-state index contributed by atoms with van der Waals surface area (Å²) in [6.45, 7) is 3.71. The van der Waals surface area contributed by atoms with Crippen molar-refractivity contribution < 1.29 is 9.84 Å². The maximum absolute atomic E-state index is 10.1. The molecule has 0 aliphatic heterocycles. The molecule has 1 aromatic carbocycles. The maximum Gasteiger partial charge on any atom is 0.171 e. The van der Waals surface area contributed by atoms with E-state index in [9.17, 15) is 10.4 Å². The second-order valence-electron chi connectivity index (χ2n) is 8.26. The molecule has 0 aliphatic rings. The number of ether oxygens (including phenoxy) is 1. The monoisotopic (exact) mass is 481 g/mol. The van der Waals surface area contributed by atoms with E-state index in [4.69, 9.17) is 9.72 Å². The molecule has 0 spiro atoms. The Morgan fingerprint density at radius 2 is 2.03 bits per heavy atom. The van der Waals surface area contributed by atoms with Crippen LogP contribution >= 0.6 is 0 Å². The van der Waals surface area contributed by atoms with Crippen molar-refractivity contribution in [1.82, 2.24) is 34.9 Å². The number of aliphatic hydroxyl groups is 1. The van der Waals surface area contributed by atoms with Gasteiger partial charge in [0.1, 0.15) is 18.2 Å². The minimum absolute atomic E-state index is 0.199. The van der Waals surface area contributed by atoms with E-state index in [1.165, 1.54) is 7.11 Å². The fourth-order valence-electron chi connectivity index (χ4n) is 3.95. The number of fused-ring (bicyclic) bond motifs is 1. The fourth-order valence-corrected chi connectivity index (χ4v) is 3.95. The van der Waals surface area contributed by atoms with E-state index in [0.29, 0.717) is 28.6 Å². The van der Waals surface area contributed by atoms with E-state index in [1.54, 1.807) is 6.33 Å². The number of aromatic amines is 1. The van der Waals surface area contributed by atoms with Crippen molar-refractivity contribution in [2.45, 2.75) is 26.6 Å². The summed E-state index contributed by atoms with van der Waals surface area (Å²) in [5.41, 5.74) is 6.04. The van der Waals surface area contributed by atoms with Crippen LogP contribution in [0.2, 0.25) is 0 Å². The summed E-state index contributed by atoms with van der Waals surface area (Å²) in [7, 11) is 1.43. The van der Waals surface area contributed by atoms with E-state index in [-0.39, 0.29) is 12.1 Å². The van der Waals surface area contributed by atoms with Gasteiger partial charge in [0.15, 0.2) is 17.8 Å². The molecule has 0 amide bonds. The third-order valence-corrected chi connectivity index (χ3v) is 5.78. The number of hydrogen-bond donors (Lipinski definition) is 3. The van der Waals surface area contributed by atoms with Crippen LogP contribution < -0.4 is 5.32 Å². The molecule has 1 atom stereocenters. The number of anilines is 2. The van der Waals surface area contributed by atoms with Crippen molar-refractivity contribution in [2.75, 3.05) is 12.4 Å². The lowest BCUT2D eigenvalue weighted by Crippen LogP contribution is -2.14. The molecule has 0 bridgehead atoms. The number of hydrogen-bond acceptors (Lipinski definition) is 9. The second-order valence-corrected chi connectivity index (χ2v) is 8.26. The summed E-state index contributed by atoms with van der Waals surface area (Å²) < 4.78 is 6.91. The Kier molecular flexibility index (Phi) is 6.12. The quantitative estimate of drug-likeness (QED) is 0.297. The number of H-pyrrole nitrogens is 1. The third kappa shape index (κ3) is 4.38. The largest absolute Gasteiger partial charge is 0.368 e. The SMILES string of the molecule is CO[C@@H](O)Cc1ccc(-n2cnc3ccc(Nc4ccc(C)nn4)cc32)nc1-c1c(C#N)n[nH]c1C. The van der Waals surface area contributed by atoms with Crippen LogP contribution in [0.1, 0.15) is 22.6 Å². The number of nitrogens with one attached hydrogen (secondary N) is 2. The van der Waals surface area contributed by atoms with Gasteiger partial charge in [0, 0.05) is 24.9 Å². The molecule has 11 nitrogen and oxygen atoms in total. The number of aromatic nitrogens is 7. The molecule has 180 valence electrons. The molecule has 36 heavy (non-hydrogen) atoms. The van der Waals surface area contributed by atoms with Crippen LogP contribution in [-0.4, -0.2) is 53.4 Å². The molecule has 0 unspecified atom stereocenters. The van der Waals surface area contributed by atoms with Gasteiger partial charge in [-0.1, -0.05) is 6.07 Å². The highest BCUT2D eigenvalue weighted by atomic mass is 16.6. The minimum atomic E-state index is -1.01. The number of aliphatic hydroxyl groups excluding tert-OH is 1. The lowest BCUT2D eigenvalue weighted by atomic mass is 10.0. The number of nitriles is 1. The number of pyridine rings is 1. The molecule has 0 fully saturated rings. The number of methoxy groups -OCH3 is 1. The Morgan fingerprint density at radius 1 is 1.17 bits per heavy atom. The van der Waals surface area contributed by atoms with E-state index >= 15 is 0 Å². The summed E-state index contributed by atoms with van der Waals surface area (Å²) in [5, 5.41) is 38.2. The van der Waals surface area contributed by atoms with E-state index in [0.717, 1.165) is 28.0 Å². The first-order valence-corrected chi connectivity index (χ1v) is 11.2. The molecule has 4 heterocycles. The average Bonchev–Trinajstić information content (AvgIpc) is 3.48. The average molecular weight is 482 g/mol. The molecular weight excluding hydrogens is 458 g/mol. The second kappa shape index (κ2) is 9.53. The van der Waals surface area contributed by atoms with Gasteiger partial charge >= 0.3 is 0 Å². The zero-order chi connectivity index (χ0) is 25.2. The first-order valence-electron chi connectivity index (χ1n) is 11.2. The fraction of sp³-hybridized carbons (Fsp3) is 0.200. The van der Waals surface area contributed by atoms with Crippen LogP contribution in [-0.2, 0) is 11.2 Å². The summed E-state index contributed by atoms with van der Waals surface area (Å²) in [6, 6.07) is 15.4. The van der Waals surface area contributed by atoms with Gasteiger partial charge in [-0.05, 0) is 55.8 Å². The van der Waals surface area contributed by atoms with Crippen molar-refractivity contribution >= 4 is 22.5 Å². The molecule has 0 saturated carbocycles. The Morgan fingerprint density at radius 3 is 2.78 bits per heavy atom. The standard InChI is InChI=1S/C25H23N9O2/c1-14-4-8-21(33-30-14)28-17-6-7-18-20(11-17)34(13-27-18)22-9-5-16(10-23(35)36-3)25(29-22)24-15(2)31-32-19(24)12-26/h4-9,11,13,23,35H,10H2,1-3H3,(H,28,33)(H,31,32)/t23-/m1/s1. The molecule has 0 saturated heterocycles. The van der Waals surface area contributed by atoms with E-state index < -0.39 is 6.29 Å². The van der Waals surface area contributed by atoms with Gasteiger partial charge in [-0.15, -0.1) is 5.10 Å². The Hall–Kier alpha value is -4.66. The van der Waals surface area contributed by atoms with Crippen LogP contribution in [0.25, 0.3) is 28.1 Å². The van der Waals surface area contributed by atoms with Crippen molar-refractivity contribution in [2.24, 2.45) is 0 Å². The Balaban J connectivity index is 1.60. The molecular formula is C25H23N9O2. The van der Waals surface area contributed by atoms with Gasteiger partial charge in [-0.3, -0.25) is 9.67 Å².